The highest BCUT2D eigenvalue weighted by Crippen LogP contribution is 2.37. The van der Waals surface area contributed by atoms with Crippen LogP contribution >= 0.6 is 22.7 Å². The molecule has 0 amide bonds. The molecule has 4 aromatic rings. The fourth-order valence-electron chi connectivity index (χ4n) is 3.93. The van der Waals surface area contributed by atoms with Crippen molar-refractivity contribution in [1.82, 2.24) is 9.97 Å². The summed E-state index contributed by atoms with van der Waals surface area (Å²) in [4.78, 5) is 35.4. The Kier molecular flexibility index (Phi) is 5.11. The first-order chi connectivity index (χ1) is 15.0. The van der Waals surface area contributed by atoms with E-state index in [9.17, 15) is 9.59 Å². The highest BCUT2D eigenvalue weighted by molar-refractivity contribution is 7.18. The van der Waals surface area contributed by atoms with Crippen molar-refractivity contribution in [1.29, 1.82) is 0 Å². The summed E-state index contributed by atoms with van der Waals surface area (Å²) in [6.07, 6.45) is 3.03. The Morgan fingerprint density at radius 1 is 1.26 bits per heavy atom. The summed E-state index contributed by atoms with van der Waals surface area (Å²) < 4.78 is 10.9. The van der Waals surface area contributed by atoms with Gasteiger partial charge in [0.1, 0.15) is 15.5 Å². The second-order valence-corrected chi connectivity index (χ2v) is 9.71. The molecule has 5 rings (SSSR count). The van der Waals surface area contributed by atoms with E-state index in [1.807, 2.05) is 5.38 Å². The number of nitrogens with one attached hydrogen (secondary N) is 1. The van der Waals surface area contributed by atoms with Gasteiger partial charge in [-0.05, 0) is 60.4 Å². The number of benzene rings is 1. The molecule has 1 N–H and O–H groups in total. The van der Waals surface area contributed by atoms with Crippen molar-refractivity contribution in [3.63, 3.8) is 0 Å². The van der Waals surface area contributed by atoms with Crippen LogP contribution in [0.4, 0.5) is 0 Å². The van der Waals surface area contributed by atoms with E-state index in [-0.39, 0.29) is 5.56 Å². The van der Waals surface area contributed by atoms with Crippen LogP contribution in [-0.4, -0.2) is 23.0 Å². The van der Waals surface area contributed by atoms with E-state index in [4.69, 9.17) is 14.5 Å². The Labute approximate surface area is 186 Å². The number of carbonyl (C=O) groups excluding carboxylic acids is 1. The minimum Gasteiger partial charge on any atom is -0.493 e. The van der Waals surface area contributed by atoms with Crippen LogP contribution < -0.4 is 15.0 Å². The predicted octanol–water partition coefficient (Wildman–Crippen LogP) is 5.07. The van der Waals surface area contributed by atoms with Gasteiger partial charge in [0, 0.05) is 10.4 Å². The molecule has 8 heteroatoms. The molecule has 158 valence electrons. The number of hydrogen-bond donors (Lipinski definition) is 1. The number of esters is 1. The molecule has 3 heterocycles. The van der Waals surface area contributed by atoms with Gasteiger partial charge in [-0.2, -0.15) is 0 Å². The number of rotatable bonds is 4. The summed E-state index contributed by atoms with van der Waals surface area (Å²) in [5.41, 5.74) is 1.73. The van der Waals surface area contributed by atoms with E-state index in [1.54, 1.807) is 41.7 Å². The quantitative estimate of drug-likeness (QED) is 0.346. The molecule has 0 unspecified atom stereocenters. The van der Waals surface area contributed by atoms with E-state index in [0.717, 1.165) is 35.0 Å². The maximum Gasteiger partial charge on any atom is 0.353 e. The van der Waals surface area contributed by atoms with Crippen molar-refractivity contribution >= 4 is 38.9 Å². The lowest BCUT2D eigenvalue weighted by Crippen LogP contribution is -2.13. The van der Waals surface area contributed by atoms with Crippen LogP contribution in [0, 0.1) is 5.92 Å². The van der Waals surface area contributed by atoms with Gasteiger partial charge in [-0.25, -0.2) is 9.78 Å². The molecular weight excluding hydrogens is 432 g/mol. The predicted molar refractivity (Wildman–Crippen MR) is 123 cm³/mol. The molecule has 0 aliphatic heterocycles. The first-order valence-corrected chi connectivity index (χ1v) is 11.7. The Morgan fingerprint density at radius 3 is 2.90 bits per heavy atom. The second-order valence-electron chi connectivity index (χ2n) is 7.68. The smallest absolute Gasteiger partial charge is 0.353 e. The third-order valence-electron chi connectivity index (χ3n) is 5.53. The van der Waals surface area contributed by atoms with Gasteiger partial charge in [0.2, 0.25) is 0 Å². The lowest BCUT2D eigenvalue weighted by molar-refractivity contribution is 0.0735. The van der Waals surface area contributed by atoms with Crippen LogP contribution in [0.25, 0.3) is 21.6 Å². The third kappa shape index (κ3) is 3.66. The number of thiophene rings is 2. The van der Waals surface area contributed by atoms with Crippen molar-refractivity contribution in [3.05, 3.63) is 61.4 Å². The van der Waals surface area contributed by atoms with Gasteiger partial charge in [-0.3, -0.25) is 4.79 Å². The topological polar surface area (TPSA) is 81.3 Å². The highest BCUT2D eigenvalue weighted by Gasteiger charge is 2.23. The molecule has 6 nitrogen and oxygen atoms in total. The normalized spacial score (nSPS) is 15.6. The van der Waals surface area contributed by atoms with Crippen LogP contribution in [0.2, 0.25) is 0 Å². The first kappa shape index (κ1) is 20.0. The molecule has 0 bridgehead atoms. The molecular formula is C23H20N2O4S2. The van der Waals surface area contributed by atoms with Crippen molar-refractivity contribution in [2.45, 2.75) is 26.2 Å². The van der Waals surface area contributed by atoms with Gasteiger partial charge < -0.3 is 14.5 Å². The zero-order valence-corrected chi connectivity index (χ0v) is 18.7. The fourth-order valence-corrected chi connectivity index (χ4v) is 5.91. The lowest BCUT2D eigenvalue weighted by Gasteiger charge is -2.17. The van der Waals surface area contributed by atoms with Crippen molar-refractivity contribution in [2.75, 3.05) is 7.11 Å². The third-order valence-corrected chi connectivity index (χ3v) is 7.53. The Morgan fingerprint density at radius 2 is 2.13 bits per heavy atom. The molecule has 0 saturated heterocycles. The molecule has 1 atom stereocenters. The van der Waals surface area contributed by atoms with Crippen LogP contribution in [-0.2, 0) is 12.8 Å². The molecule has 0 fully saturated rings. The number of ether oxygens (including phenoxy) is 2. The number of nitrogens with zero attached hydrogens (tertiary/aromatic N) is 1. The molecule has 1 aromatic carbocycles. The van der Waals surface area contributed by atoms with E-state index in [0.29, 0.717) is 33.7 Å². The summed E-state index contributed by atoms with van der Waals surface area (Å²) >= 11 is 2.93. The fraction of sp³-hybridized carbons (Fsp3) is 0.261. The van der Waals surface area contributed by atoms with E-state index in [2.05, 4.69) is 11.9 Å². The lowest BCUT2D eigenvalue weighted by atomic mass is 9.89. The van der Waals surface area contributed by atoms with E-state index < -0.39 is 5.97 Å². The van der Waals surface area contributed by atoms with Crippen LogP contribution in [0.3, 0.4) is 0 Å². The molecule has 3 aromatic heterocycles. The highest BCUT2D eigenvalue weighted by atomic mass is 32.1. The maximum absolute atomic E-state index is 12.9. The number of fused-ring (bicyclic) bond motifs is 3. The number of carbonyl (C=O) groups is 1. The standard InChI is InChI=1S/C23H20N2O4S2/c1-12-5-7-14-18(10-12)31-22-19(14)21(26)24-20(25-22)13-6-8-15(16(11-13)28-2)29-23(27)17-4-3-9-30-17/h3-4,6,8-9,11-12H,5,7,10H2,1-2H3,(H,24,25,26)/t12-/m0/s1. The monoisotopic (exact) mass is 452 g/mol. The van der Waals surface area contributed by atoms with Crippen molar-refractivity contribution < 1.29 is 14.3 Å². The number of hydrogen-bond acceptors (Lipinski definition) is 7. The van der Waals surface area contributed by atoms with Gasteiger partial charge in [-0.1, -0.05) is 13.0 Å². The van der Waals surface area contributed by atoms with Gasteiger partial charge in [-0.15, -0.1) is 22.7 Å². The molecule has 0 spiro atoms. The molecule has 1 aliphatic rings. The minimum atomic E-state index is -0.438. The summed E-state index contributed by atoms with van der Waals surface area (Å²) in [6, 6.07) is 8.64. The van der Waals surface area contributed by atoms with Crippen molar-refractivity contribution in [2.24, 2.45) is 5.92 Å². The molecule has 0 saturated carbocycles. The summed E-state index contributed by atoms with van der Waals surface area (Å²) in [5, 5.41) is 2.54. The number of methoxy groups -OCH3 is 1. The number of H-pyrrole nitrogens is 1. The second kappa shape index (κ2) is 7.94. The van der Waals surface area contributed by atoms with Crippen LogP contribution in [0.1, 0.15) is 33.5 Å². The molecule has 1 aliphatic carbocycles. The first-order valence-electron chi connectivity index (χ1n) is 10.0. The van der Waals surface area contributed by atoms with Crippen molar-refractivity contribution in [3.8, 4) is 22.9 Å². The summed E-state index contributed by atoms with van der Waals surface area (Å²) in [5.74, 6) is 1.37. The van der Waals surface area contributed by atoms with E-state index in [1.165, 1.54) is 23.3 Å². The zero-order valence-electron chi connectivity index (χ0n) is 17.1. The SMILES string of the molecule is COc1cc(-c2nc3sc4c(c3c(=O)[nH]2)CC[C@H](C)C4)ccc1OC(=O)c1cccs1. The Bertz CT molecular complexity index is 1340. The number of aromatic nitrogens is 2. The zero-order chi connectivity index (χ0) is 21.5. The van der Waals surface area contributed by atoms with Crippen LogP contribution in [0.15, 0.2) is 40.5 Å². The average Bonchev–Trinajstić information content (AvgIpc) is 3.41. The van der Waals surface area contributed by atoms with Gasteiger partial charge in [0.25, 0.3) is 5.56 Å². The van der Waals surface area contributed by atoms with Gasteiger partial charge in [0.05, 0.1) is 12.5 Å². The van der Waals surface area contributed by atoms with Gasteiger partial charge in [0.15, 0.2) is 11.5 Å². The summed E-state index contributed by atoms with van der Waals surface area (Å²) in [6.45, 7) is 2.25. The Balaban J connectivity index is 1.51. The number of aryl methyl sites for hydroxylation is 1. The largest absolute Gasteiger partial charge is 0.493 e. The average molecular weight is 453 g/mol. The van der Waals surface area contributed by atoms with Crippen LogP contribution in [0.5, 0.6) is 11.5 Å². The maximum atomic E-state index is 12.9. The molecule has 31 heavy (non-hydrogen) atoms. The Hall–Kier alpha value is -2.97. The molecule has 0 radical (unpaired) electrons. The van der Waals surface area contributed by atoms with Gasteiger partial charge >= 0.3 is 5.97 Å². The number of aromatic amines is 1. The van der Waals surface area contributed by atoms with E-state index >= 15 is 0 Å². The summed E-state index contributed by atoms with van der Waals surface area (Å²) in [7, 11) is 1.51. The minimum absolute atomic E-state index is 0.112.